The Hall–Kier alpha value is -1.81. The van der Waals surface area contributed by atoms with Crippen molar-refractivity contribution in [3.63, 3.8) is 0 Å². The average molecular weight is 317 g/mol. The second-order valence-electron chi connectivity index (χ2n) is 6.51. The number of carbonyl (C=O) groups is 1. The van der Waals surface area contributed by atoms with Gasteiger partial charge < -0.3 is 10.4 Å². The molecule has 0 saturated carbocycles. The van der Waals surface area contributed by atoms with Crippen molar-refractivity contribution in [2.24, 2.45) is 5.41 Å². The summed E-state index contributed by atoms with van der Waals surface area (Å²) in [5.74, 6) is 0.262. The Morgan fingerprint density at radius 2 is 1.95 bits per heavy atom. The normalized spacial score (nSPS) is 12.9. The van der Waals surface area contributed by atoms with Crippen molar-refractivity contribution in [3.8, 4) is 5.75 Å². The molecule has 1 heterocycles. The second kappa shape index (κ2) is 6.97. The molecule has 3 nitrogen and oxygen atoms in total. The Bertz CT molecular complexity index is 614. The summed E-state index contributed by atoms with van der Waals surface area (Å²) in [7, 11) is 0. The number of aryl methyl sites for hydroxylation is 1. The van der Waals surface area contributed by atoms with Gasteiger partial charge in [-0.3, -0.25) is 4.79 Å². The van der Waals surface area contributed by atoms with Gasteiger partial charge in [-0.2, -0.15) is 0 Å². The van der Waals surface area contributed by atoms with Crippen LogP contribution in [0.15, 0.2) is 41.8 Å². The highest BCUT2D eigenvalue weighted by Crippen LogP contribution is 2.35. The van der Waals surface area contributed by atoms with Gasteiger partial charge in [0.25, 0.3) is 0 Å². The number of thiophene rings is 1. The van der Waals surface area contributed by atoms with E-state index in [4.69, 9.17) is 0 Å². The first-order valence-electron chi connectivity index (χ1n) is 7.47. The number of benzene rings is 1. The molecule has 118 valence electrons. The molecule has 0 spiro atoms. The lowest BCUT2D eigenvalue weighted by Gasteiger charge is -2.30. The van der Waals surface area contributed by atoms with Crippen molar-refractivity contribution in [1.29, 1.82) is 0 Å². The van der Waals surface area contributed by atoms with E-state index in [1.807, 2.05) is 23.6 Å². The molecule has 2 aromatic rings. The summed E-state index contributed by atoms with van der Waals surface area (Å²) >= 11 is 1.66. The third kappa shape index (κ3) is 4.34. The van der Waals surface area contributed by atoms with Gasteiger partial charge in [-0.1, -0.05) is 45.0 Å². The fraction of sp³-hybridized carbons (Fsp3) is 0.389. The van der Waals surface area contributed by atoms with Crippen LogP contribution in [0.5, 0.6) is 5.75 Å². The first-order valence-corrected chi connectivity index (χ1v) is 8.35. The van der Waals surface area contributed by atoms with Crippen LogP contribution < -0.4 is 5.32 Å². The third-order valence-electron chi connectivity index (χ3n) is 3.61. The molecule has 4 heteroatoms. The Morgan fingerprint density at radius 1 is 1.23 bits per heavy atom. The van der Waals surface area contributed by atoms with Gasteiger partial charge in [0, 0.05) is 11.3 Å². The summed E-state index contributed by atoms with van der Waals surface area (Å²) < 4.78 is 0. The highest BCUT2D eigenvalue weighted by Gasteiger charge is 2.28. The summed E-state index contributed by atoms with van der Waals surface area (Å²) in [5, 5.41) is 14.9. The average Bonchev–Trinajstić information content (AvgIpc) is 2.96. The Labute approximate surface area is 136 Å². The number of hydrogen-bond donors (Lipinski definition) is 2. The van der Waals surface area contributed by atoms with E-state index in [9.17, 15) is 9.90 Å². The standard InChI is InChI=1S/C18H23NO2S/c1-18(2,3)17(15-9-6-12-22-15)19-16(21)11-10-13-7-4-5-8-14(13)20/h4-9,12,17,20H,10-11H2,1-3H3,(H,19,21). The number of phenolic OH excluding ortho intramolecular Hbond substituents is 1. The van der Waals surface area contributed by atoms with Crippen molar-refractivity contribution in [2.75, 3.05) is 0 Å². The van der Waals surface area contributed by atoms with Gasteiger partial charge in [-0.05, 0) is 34.9 Å². The molecule has 0 radical (unpaired) electrons. The molecule has 2 rings (SSSR count). The molecule has 0 saturated heterocycles. The molecule has 1 amide bonds. The predicted octanol–water partition coefficient (Wildman–Crippen LogP) is 4.29. The highest BCUT2D eigenvalue weighted by molar-refractivity contribution is 7.10. The molecule has 0 fully saturated rings. The summed E-state index contributed by atoms with van der Waals surface area (Å²) in [4.78, 5) is 13.5. The van der Waals surface area contributed by atoms with Crippen LogP contribution in [0.4, 0.5) is 0 Å². The summed E-state index contributed by atoms with van der Waals surface area (Å²) in [6, 6.07) is 11.2. The number of carbonyl (C=O) groups excluding carboxylic acids is 1. The molecule has 22 heavy (non-hydrogen) atoms. The van der Waals surface area contributed by atoms with Gasteiger partial charge >= 0.3 is 0 Å². The quantitative estimate of drug-likeness (QED) is 0.864. The summed E-state index contributed by atoms with van der Waals surface area (Å²) in [5.41, 5.74) is 0.760. The zero-order chi connectivity index (χ0) is 16.2. The minimum Gasteiger partial charge on any atom is -0.508 e. The number of amides is 1. The molecule has 0 bridgehead atoms. The Balaban J connectivity index is 1.99. The fourth-order valence-electron chi connectivity index (χ4n) is 2.37. The lowest BCUT2D eigenvalue weighted by molar-refractivity contribution is -0.122. The zero-order valence-corrected chi connectivity index (χ0v) is 14.1. The number of hydrogen-bond acceptors (Lipinski definition) is 3. The van der Waals surface area contributed by atoms with Gasteiger partial charge in [-0.15, -0.1) is 11.3 Å². The smallest absolute Gasteiger partial charge is 0.220 e. The molecule has 2 N–H and O–H groups in total. The molecule has 0 aliphatic carbocycles. The van der Waals surface area contributed by atoms with Gasteiger partial charge in [0.15, 0.2) is 0 Å². The maximum Gasteiger partial charge on any atom is 0.220 e. The van der Waals surface area contributed by atoms with Crippen LogP contribution in [-0.4, -0.2) is 11.0 Å². The lowest BCUT2D eigenvalue weighted by atomic mass is 9.85. The maximum absolute atomic E-state index is 12.3. The van der Waals surface area contributed by atoms with E-state index >= 15 is 0 Å². The van der Waals surface area contributed by atoms with E-state index in [1.54, 1.807) is 23.5 Å². The number of rotatable bonds is 5. The predicted molar refractivity (Wildman–Crippen MR) is 91.1 cm³/mol. The SMILES string of the molecule is CC(C)(C)C(NC(=O)CCc1ccccc1O)c1cccs1. The van der Waals surface area contributed by atoms with E-state index in [0.29, 0.717) is 12.8 Å². The maximum atomic E-state index is 12.3. The molecule has 0 aliphatic heterocycles. The molecule has 1 aromatic carbocycles. The van der Waals surface area contributed by atoms with Crippen molar-refractivity contribution in [3.05, 3.63) is 52.2 Å². The van der Waals surface area contributed by atoms with Gasteiger partial charge in [-0.25, -0.2) is 0 Å². The van der Waals surface area contributed by atoms with Crippen LogP contribution in [0, 0.1) is 5.41 Å². The minimum absolute atomic E-state index is 0.00405. The van der Waals surface area contributed by atoms with Crippen LogP contribution in [0.1, 0.15) is 43.7 Å². The molecule has 0 aliphatic rings. The van der Waals surface area contributed by atoms with Crippen LogP contribution in [0.3, 0.4) is 0 Å². The number of aromatic hydroxyl groups is 1. The van der Waals surface area contributed by atoms with Crippen molar-refractivity contribution in [2.45, 2.75) is 39.7 Å². The monoisotopic (exact) mass is 317 g/mol. The molecule has 1 atom stereocenters. The topological polar surface area (TPSA) is 49.3 Å². The van der Waals surface area contributed by atoms with Crippen molar-refractivity contribution < 1.29 is 9.90 Å². The first-order chi connectivity index (χ1) is 10.4. The van der Waals surface area contributed by atoms with Crippen molar-refractivity contribution in [1.82, 2.24) is 5.32 Å². The summed E-state index contributed by atoms with van der Waals surface area (Å²) in [6.45, 7) is 6.38. The number of para-hydroxylation sites is 1. The molecular weight excluding hydrogens is 294 g/mol. The molecular formula is C18H23NO2S. The van der Waals surface area contributed by atoms with Crippen molar-refractivity contribution >= 4 is 17.2 Å². The first kappa shape index (κ1) is 16.6. The lowest BCUT2D eigenvalue weighted by Crippen LogP contribution is -2.36. The van der Waals surface area contributed by atoms with Crippen LogP contribution in [0.2, 0.25) is 0 Å². The third-order valence-corrected chi connectivity index (χ3v) is 4.55. The zero-order valence-electron chi connectivity index (χ0n) is 13.3. The number of phenols is 1. The van der Waals surface area contributed by atoms with Crippen LogP contribution >= 0.6 is 11.3 Å². The van der Waals surface area contributed by atoms with E-state index in [2.05, 4.69) is 32.2 Å². The molecule has 1 aromatic heterocycles. The highest BCUT2D eigenvalue weighted by atomic mass is 32.1. The van der Waals surface area contributed by atoms with E-state index in [1.165, 1.54) is 4.88 Å². The Morgan fingerprint density at radius 3 is 2.55 bits per heavy atom. The number of nitrogens with one attached hydrogen (secondary N) is 1. The van der Waals surface area contributed by atoms with E-state index in [0.717, 1.165) is 5.56 Å². The van der Waals surface area contributed by atoms with Crippen LogP contribution in [0.25, 0.3) is 0 Å². The van der Waals surface area contributed by atoms with E-state index in [-0.39, 0.29) is 23.1 Å². The minimum atomic E-state index is -0.0462. The van der Waals surface area contributed by atoms with Gasteiger partial charge in [0.1, 0.15) is 5.75 Å². The molecule has 1 unspecified atom stereocenters. The largest absolute Gasteiger partial charge is 0.508 e. The van der Waals surface area contributed by atoms with Crippen LogP contribution in [-0.2, 0) is 11.2 Å². The van der Waals surface area contributed by atoms with Gasteiger partial charge in [0.05, 0.1) is 6.04 Å². The Kier molecular flexibility index (Phi) is 5.24. The van der Waals surface area contributed by atoms with Gasteiger partial charge in [0.2, 0.25) is 5.91 Å². The fourth-order valence-corrected chi connectivity index (χ4v) is 3.39. The van der Waals surface area contributed by atoms with E-state index < -0.39 is 0 Å². The summed E-state index contributed by atoms with van der Waals surface area (Å²) in [6.07, 6.45) is 0.912. The second-order valence-corrected chi connectivity index (χ2v) is 7.49.